The average Bonchev–Trinajstić information content (AvgIpc) is 2.25. The lowest BCUT2D eigenvalue weighted by atomic mass is 10.2. The summed E-state index contributed by atoms with van der Waals surface area (Å²) in [7, 11) is 2.03. The molecule has 0 radical (unpaired) electrons. The molecular weight excluding hydrogens is 174 g/mol. The van der Waals surface area contributed by atoms with E-state index in [1.54, 1.807) is 0 Å². The molecule has 0 aromatic heterocycles. The Balaban J connectivity index is 1.98. The number of hydrogen-bond acceptors (Lipinski definition) is 3. The molecule has 1 saturated heterocycles. The van der Waals surface area contributed by atoms with Crippen molar-refractivity contribution in [2.45, 2.75) is 19.8 Å². The van der Waals surface area contributed by atoms with Gasteiger partial charge in [-0.2, -0.15) is 0 Å². The summed E-state index contributed by atoms with van der Waals surface area (Å²) < 4.78 is 0. The van der Waals surface area contributed by atoms with Gasteiger partial charge in [0.2, 0.25) is 0 Å². The summed E-state index contributed by atoms with van der Waals surface area (Å²) in [6, 6.07) is 0. The third kappa shape index (κ3) is 4.40. The van der Waals surface area contributed by atoms with Crippen molar-refractivity contribution in [2.75, 3.05) is 52.9 Å². The largest absolute Gasteiger partial charge is 0.320 e. The van der Waals surface area contributed by atoms with Gasteiger partial charge in [-0.1, -0.05) is 6.92 Å². The molecule has 1 aliphatic rings. The Morgan fingerprint density at radius 2 is 1.64 bits per heavy atom. The molecule has 3 nitrogen and oxygen atoms in total. The van der Waals surface area contributed by atoms with Crippen LogP contribution in [0.25, 0.3) is 0 Å². The van der Waals surface area contributed by atoms with E-state index >= 15 is 0 Å². The van der Waals surface area contributed by atoms with Crippen molar-refractivity contribution < 1.29 is 0 Å². The molecule has 0 bridgehead atoms. The van der Waals surface area contributed by atoms with E-state index in [0.29, 0.717) is 0 Å². The van der Waals surface area contributed by atoms with Crippen LogP contribution in [0.2, 0.25) is 0 Å². The number of nitrogens with zero attached hydrogens (tertiary/aromatic N) is 2. The van der Waals surface area contributed by atoms with E-state index in [0.717, 1.165) is 6.54 Å². The smallest absolute Gasteiger partial charge is 0.0110 e. The highest BCUT2D eigenvalue weighted by molar-refractivity contribution is 4.70. The van der Waals surface area contributed by atoms with Gasteiger partial charge in [0.05, 0.1) is 0 Å². The van der Waals surface area contributed by atoms with Gasteiger partial charge in [-0.05, 0) is 39.5 Å². The number of rotatable bonds is 6. The zero-order chi connectivity index (χ0) is 10.2. The summed E-state index contributed by atoms with van der Waals surface area (Å²) in [6.07, 6.45) is 2.65. The molecule has 0 unspecified atom stereocenters. The van der Waals surface area contributed by atoms with Gasteiger partial charge in [-0.25, -0.2) is 0 Å². The minimum atomic E-state index is 1.16. The Labute approximate surface area is 88.5 Å². The van der Waals surface area contributed by atoms with Crippen molar-refractivity contribution in [3.63, 3.8) is 0 Å². The highest BCUT2D eigenvalue weighted by Gasteiger charge is 2.14. The predicted octanol–water partition coefficient (Wildman–Crippen LogP) is 0.623. The zero-order valence-corrected chi connectivity index (χ0v) is 9.76. The Hall–Kier alpha value is -0.120. The number of likely N-dealkylation sites (N-methyl/N-ethyl adjacent to an activating group) is 1. The number of piperazine rings is 1. The predicted molar refractivity (Wildman–Crippen MR) is 61.7 cm³/mol. The average molecular weight is 199 g/mol. The maximum absolute atomic E-state index is 3.19. The topological polar surface area (TPSA) is 18.5 Å². The van der Waals surface area contributed by atoms with Crippen LogP contribution < -0.4 is 5.32 Å². The second-order valence-electron chi connectivity index (χ2n) is 4.09. The van der Waals surface area contributed by atoms with E-state index in [1.807, 2.05) is 7.05 Å². The molecule has 3 heteroatoms. The molecule has 1 fully saturated rings. The number of unbranched alkanes of at least 4 members (excludes halogenated alkanes) is 1. The van der Waals surface area contributed by atoms with Crippen LogP contribution in [0, 0.1) is 0 Å². The van der Waals surface area contributed by atoms with E-state index in [9.17, 15) is 0 Å². The van der Waals surface area contributed by atoms with Gasteiger partial charge in [-0.15, -0.1) is 0 Å². The lowest BCUT2D eigenvalue weighted by Gasteiger charge is -2.33. The third-order valence-electron chi connectivity index (χ3n) is 3.06. The van der Waals surface area contributed by atoms with E-state index in [2.05, 4.69) is 22.0 Å². The standard InChI is InChI=1S/C11H25N3/c1-3-13-8-10-14(11-9-13)7-5-4-6-12-2/h12H,3-11H2,1-2H3. The summed E-state index contributed by atoms with van der Waals surface area (Å²) in [5, 5.41) is 3.19. The molecule has 0 aliphatic carbocycles. The molecule has 0 saturated carbocycles. The van der Waals surface area contributed by atoms with Crippen LogP contribution in [0.5, 0.6) is 0 Å². The monoisotopic (exact) mass is 199 g/mol. The highest BCUT2D eigenvalue weighted by Crippen LogP contribution is 2.02. The van der Waals surface area contributed by atoms with Crippen LogP contribution in [-0.4, -0.2) is 62.7 Å². The molecule has 84 valence electrons. The fourth-order valence-corrected chi connectivity index (χ4v) is 1.97. The van der Waals surface area contributed by atoms with Crippen molar-refractivity contribution >= 4 is 0 Å². The van der Waals surface area contributed by atoms with Gasteiger partial charge in [0.1, 0.15) is 0 Å². The van der Waals surface area contributed by atoms with E-state index in [1.165, 1.54) is 52.1 Å². The molecule has 0 aromatic rings. The molecule has 0 aromatic carbocycles. The first-order chi connectivity index (χ1) is 6.86. The van der Waals surface area contributed by atoms with Crippen molar-refractivity contribution in [3.05, 3.63) is 0 Å². The number of hydrogen-bond donors (Lipinski definition) is 1. The van der Waals surface area contributed by atoms with E-state index in [-0.39, 0.29) is 0 Å². The fourth-order valence-electron chi connectivity index (χ4n) is 1.97. The first-order valence-corrected chi connectivity index (χ1v) is 5.96. The Kier molecular flexibility index (Phi) is 6.15. The molecule has 1 heterocycles. The molecule has 1 aliphatic heterocycles. The summed E-state index contributed by atoms with van der Waals surface area (Å²) in [5.41, 5.74) is 0. The summed E-state index contributed by atoms with van der Waals surface area (Å²) >= 11 is 0. The van der Waals surface area contributed by atoms with Crippen LogP contribution >= 0.6 is 0 Å². The molecule has 0 atom stereocenters. The number of nitrogens with one attached hydrogen (secondary N) is 1. The van der Waals surface area contributed by atoms with E-state index < -0.39 is 0 Å². The normalized spacial score (nSPS) is 20.1. The van der Waals surface area contributed by atoms with Crippen molar-refractivity contribution in [1.29, 1.82) is 0 Å². The van der Waals surface area contributed by atoms with Crippen LogP contribution in [-0.2, 0) is 0 Å². The lowest BCUT2D eigenvalue weighted by Crippen LogP contribution is -2.46. The zero-order valence-electron chi connectivity index (χ0n) is 9.76. The SMILES string of the molecule is CCN1CCN(CCCCNC)CC1. The van der Waals surface area contributed by atoms with Crippen LogP contribution in [0.1, 0.15) is 19.8 Å². The van der Waals surface area contributed by atoms with Gasteiger partial charge >= 0.3 is 0 Å². The minimum absolute atomic E-state index is 1.16. The summed E-state index contributed by atoms with van der Waals surface area (Å²) in [4.78, 5) is 5.13. The van der Waals surface area contributed by atoms with Crippen LogP contribution in [0.15, 0.2) is 0 Å². The van der Waals surface area contributed by atoms with Gasteiger partial charge < -0.3 is 15.1 Å². The van der Waals surface area contributed by atoms with Crippen LogP contribution in [0.3, 0.4) is 0 Å². The Bertz CT molecular complexity index is 130. The van der Waals surface area contributed by atoms with Gasteiger partial charge in [-0.3, -0.25) is 0 Å². The second kappa shape index (κ2) is 7.21. The highest BCUT2D eigenvalue weighted by atomic mass is 15.3. The van der Waals surface area contributed by atoms with Crippen molar-refractivity contribution in [3.8, 4) is 0 Å². The molecule has 1 rings (SSSR count). The first kappa shape index (κ1) is 12.0. The Morgan fingerprint density at radius 3 is 2.21 bits per heavy atom. The Morgan fingerprint density at radius 1 is 1.00 bits per heavy atom. The summed E-state index contributed by atoms with van der Waals surface area (Å²) in [6.45, 7) is 11.0. The fraction of sp³-hybridized carbons (Fsp3) is 1.00. The van der Waals surface area contributed by atoms with E-state index in [4.69, 9.17) is 0 Å². The van der Waals surface area contributed by atoms with Crippen molar-refractivity contribution in [1.82, 2.24) is 15.1 Å². The maximum Gasteiger partial charge on any atom is 0.0110 e. The first-order valence-electron chi connectivity index (χ1n) is 5.96. The second-order valence-corrected chi connectivity index (χ2v) is 4.09. The molecular formula is C11H25N3. The van der Waals surface area contributed by atoms with Crippen molar-refractivity contribution in [2.24, 2.45) is 0 Å². The molecule has 0 spiro atoms. The van der Waals surface area contributed by atoms with Crippen LogP contribution in [0.4, 0.5) is 0 Å². The minimum Gasteiger partial charge on any atom is -0.320 e. The quantitative estimate of drug-likeness (QED) is 0.633. The van der Waals surface area contributed by atoms with Gasteiger partial charge in [0.15, 0.2) is 0 Å². The molecule has 1 N–H and O–H groups in total. The van der Waals surface area contributed by atoms with Gasteiger partial charge in [0, 0.05) is 26.2 Å². The summed E-state index contributed by atoms with van der Waals surface area (Å²) in [5.74, 6) is 0. The maximum atomic E-state index is 3.19. The lowest BCUT2D eigenvalue weighted by molar-refractivity contribution is 0.136. The molecule has 14 heavy (non-hydrogen) atoms. The van der Waals surface area contributed by atoms with Gasteiger partial charge in [0.25, 0.3) is 0 Å². The molecule has 0 amide bonds. The third-order valence-corrected chi connectivity index (χ3v) is 3.06.